The van der Waals surface area contributed by atoms with Crippen molar-refractivity contribution in [2.24, 2.45) is 0 Å². The van der Waals surface area contributed by atoms with Gasteiger partial charge in [0.25, 0.3) is 0 Å². The number of aliphatic hydroxyl groups is 1. The fourth-order valence-corrected chi connectivity index (χ4v) is 3.79. The lowest BCUT2D eigenvalue weighted by atomic mass is 10.00. The van der Waals surface area contributed by atoms with Crippen molar-refractivity contribution in [3.63, 3.8) is 0 Å². The van der Waals surface area contributed by atoms with Gasteiger partial charge < -0.3 is 19.0 Å². The van der Waals surface area contributed by atoms with Gasteiger partial charge >= 0.3 is 0 Å². The molecule has 1 aromatic heterocycles. The lowest BCUT2D eigenvalue weighted by Crippen LogP contribution is -2.06. The van der Waals surface area contributed by atoms with Crippen molar-refractivity contribution in [2.45, 2.75) is 79.2 Å². The van der Waals surface area contributed by atoms with Crippen LogP contribution in [-0.2, 0) is 11.2 Å². The van der Waals surface area contributed by atoms with Crippen LogP contribution in [-0.4, -0.2) is 12.2 Å². The summed E-state index contributed by atoms with van der Waals surface area (Å²) in [6.07, 6.45) is 6.92. The number of allylic oxidation sites excluding steroid dienone is 5. The number of methoxy groups -OCH3 is 1. The minimum absolute atomic E-state index is 0.215. The molecule has 4 nitrogen and oxygen atoms in total. The molecule has 0 aliphatic carbocycles. The van der Waals surface area contributed by atoms with Crippen molar-refractivity contribution in [3.05, 3.63) is 82.7 Å². The molecule has 4 heteroatoms. The highest BCUT2D eigenvalue weighted by Gasteiger charge is 2.22. The predicted octanol–water partition coefficient (Wildman–Crippen LogP) is 8.59. The lowest BCUT2D eigenvalue weighted by molar-refractivity contribution is 0.192. The van der Waals surface area contributed by atoms with Crippen LogP contribution in [0.4, 0.5) is 0 Å². The van der Waals surface area contributed by atoms with Gasteiger partial charge in [-0.1, -0.05) is 39.5 Å². The normalized spacial score (nSPS) is 13.3. The molecule has 2 rings (SSSR count). The average molecular weight is 453 g/mol. The van der Waals surface area contributed by atoms with E-state index >= 15 is 0 Å². The van der Waals surface area contributed by atoms with Crippen LogP contribution < -0.4 is 4.74 Å². The molecule has 0 radical (unpaired) electrons. The van der Waals surface area contributed by atoms with E-state index in [4.69, 9.17) is 13.9 Å². The molecule has 1 aromatic carbocycles. The number of hydrogen-bond acceptors (Lipinski definition) is 4. The highest BCUT2D eigenvalue weighted by Crippen LogP contribution is 2.35. The summed E-state index contributed by atoms with van der Waals surface area (Å²) in [5.41, 5.74) is 4.75. The van der Waals surface area contributed by atoms with E-state index in [1.54, 1.807) is 20.1 Å². The molecule has 0 aliphatic heterocycles. The summed E-state index contributed by atoms with van der Waals surface area (Å²) in [6.45, 7) is 16.2. The Kier molecular flexibility index (Phi) is 9.90. The fourth-order valence-electron chi connectivity index (χ4n) is 3.79. The molecular formula is C29H40O4. The van der Waals surface area contributed by atoms with Crippen molar-refractivity contribution < 1.29 is 19.0 Å². The summed E-state index contributed by atoms with van der Waals surface area (Å²) in [7, 11) is 1.66. The van der Waals surface area contributed by atoms with E-state index in [0.29, 0.717) is 18.1 Å². The first-order valence-corrected chi connectivity index (χ1v) is 11.8. The number of benzene rings is 1. The Balaban J connectivity index is 2.23. The Hall–Kier alpha value is -2.88. The Labute approximate surface area is 199 Å². The van der Waals surface area contributed by atoms with Crippen molar-refractivity contribution >= 4 is 5.57 Å². The zero-order chi connectivity index (χ0) is 24.5. The van der Waals surface area contributed by atoms with Gasteiger partial charge in [0.05, 0.1) is 18.6 Å². The molecule has 0 fully saturated rings. The number of hydrogen-bond donors (Lipinski definition) is 1. The minimum Gasteiger partial charge on any atom is -0.513 e. The summed E-state index contributed by atoms with van der Waals surface area (Å²) in [4.78, 5) is 0. The maximum absolute atomic E-state index is 9.43. The van der Waals surface area contributed by atoms with Crippen molar-refractivity contribution in [3.8, 4) is 5.75 Å². The molecule has 180 valence electrons. The third kappa shape index (κ3) is 7.59. The third-order valence-electron chi connectivity index (χ3n) is 5.85. The Morgan fingerprint density at radius 1 is 1.18 bits per heavy atom. The van der Waals surface area contributed by atoms with E-state index in [-0.39, 0.29) is 6.10 Å². The van der Waals surface area contributed by atoms with E-state index in [1.165, 1.54) is 11.1 Å². The summed E-state index contributed by atoms with van der Waals surface area (Å²) in [5, 5.41) is 9.43. The standard InChI is InChI=1S/C29H40O4/c1-9-24(12-10-11-21(5)30)28-18-27(19(2)3)29(33-28)23(7)32-26-16-15-25(20(4)17-26)14-13-22(6)31-8/h11-12,15-19,23,30H,6,9-10,13-14H2,1-5,7-8H3/b21-11+,24-12+. The maximum atomic E-state index is 9.43. The Bertz CT molecular complexity index is 987. The third-order valence-corrected chi connectivity index (χ3v) is 5.85. The van der Waals surface area contributed by atoms with Gasteiger partial charge in [-0.25, -0.2) is 0 Å². The Morgan fingerprint density at radius 2 is 1.91 bits per heavy atom. The monoisotopic (exact) mass is 452 g/mol. The fraction of sp³-hybridized carbons (Fsp3) is 0.448. The topological polar surface area (TPSA) is 51.8 Å². The second-order valence-electron chi connectivity index (χ2n) is 8.84. The van der Waals surface area contributed by atoms with Crippen molar-refractivity contribution in [2.75, 3.05) is 7.11 Å². The van der Waals surface area contributed by atoms with E-state index in [1.807, 2.05) is 13.0 Å². The first kappa shape index (κ1) is 26.4. The Morgan fingerprint density at radius 3 is 2.48 bits per heavy atom. The molecule has 0 aliphatic rings. The van der Waals surface area contributed by atoms with Crippen LogP contribution in [0.15, 0.2) is 58.9 Å². The van der Waals surface area contributed by atoms with Crippen LogP contribution in [0.25, 0.3) is 5.57 Å². The van der Waals surface area contributed by atoms with Crippen molar-refractivity contribution in [1.82, 2.24) is 0 Å². The summed E-state index contributed by atoms with van der Waals surface area (Å²) < 4.78 is 17.8. The molecule has 0 amide bonds. The summed E-state index contributed by atoms with van der Waals surface area (Å²) in [5.74, 6) is 4.01. The highest BCUT2D eigenvalue weighted by atomic mass is 16.5. The van der Waals surface area contributed by atoms with Crippen LogP contribution in [0, 0.1) is 6.92 Å². The zero-order valence-electron chi connectivity index (χ0n) is 21.3. The molecular weight excluding hydrogens is 412 g/mol. The molecule has 0 saturated carbocycles. The quantitative estimate of drug-likeness (QED) is 0.328. The van der Waals surface area contributed by atoms with Crippen LogP contribution >= 0.6 is 0 Å². The molecule has 33 heavy (non-hydrogen) atoms. The van der Waals surface area contributed by atoms with Gasteiger partial charge in [-0.3, -0.25) is 0 Å². The first-order chi connectivity index (χ1) is 15.7. The SMILES string of the molecule is C=C(CCc1ccc(OC(C)c2oc(/C(=C/C/C=C(\C)O)CC)cc2C(C)C)cc1C)OC. The average Bonchev–Trinajstić information content (AvgIpc) is 3.21. The number of rotatable bonds is 12. The highest BCUT2D eigenvalue weighted by molar-refractivity contribution is 5.62. The smallest absolute Gasteiger partial charge is 0.154 e. The molecule has 2 aromatic rings. The minimum atomic E-state index is -0.215. The predicted molar refractivity (Wildman–Crippen MR) is 137 cm³/mol. The van der Waals surface area contributed by atoms with Gasteiger partial charge in [0.15, 0.2) is 6.10 Å². The van der Waals surface area contributed by atoms with Gasteiger partial charge in [-0.15, -0.1) is 0 Å². The molecule has 1 unspecified atom stereocenters. The van der Waals surface area contributed by atoms with Crippen LogP contribution in [0.2, 0.25) is 0 Å². The second-order valence-corrected chi connectivity index (χ2v) is 8.84. The lowest BCUT2D eigenvalue weighted by Gasteiger charge is -2.17. The van der Waals surface area contributed by atoms with E-state index in [2.05, 4.69) is 58.5 Å². The van der Waals surface area contributed by atoms with Gasteiger partial charge in [-0.05, 0) is 86.9 Å². The molecule has 1 atom stereocenters. The van der Waals surface area contributed by atoms with Gasteiger partial charge in [0, 0.05) is 12.0 Å². The summed E-state index contributed by atoms with van der Waals surface area (Å²) in [6, 6.07) is 8.36. The number of ether oxygens (including phenoxy) is 2. The van der Waals surface area contributed by atoms with Gasteiger partial charge in [0.1, 0.15) is 17.3 Å². The number of aliphatic hydroxyl groups excluding tert-OH is 1. The number of aryl methyl sites for hydroxylation is 2. The van der Waals surface area contributed by atoms with Gasteiger partial charge in [-0.2, -0.15) is 0 Å². The van der Waals surface area contributed by atoms with Crippen molar-refractivity contribution in [1.29, 1.82) is 0 Å². The molecule has 0 spiro atoms. The van der Waals surface area contributed by atoms with Crippen LogP contribution in [0.3, 0.4) is 0 Å². The maximum Gasteiger partial charge on any atom is 0.154 e. The van der Waals surface area contributed by atoms with E-state index < -0.39 is 0 Å². The molecule has 1 heterocycles. The summed E-state index contributed by atoms with van der Waals surface area (Å²) >= 11 is 0. The van der Waals surface area contributed by atoms with Crippen LogP contribution in [0.1, 0.15) is 94.1 Å². The number of furan rings is 1. The van der Waals surface area contributed by atoms with E-state index in [9.17, 15) is 5.11 Å². The van der Waals surface area contributed by atoms with E-state index in [0.717, 1.165) is 53.4 Å². The molecule has 1 N–H and O–H groups in total. The zero-order valence-corrected chi connectivity index (χ0v) is 21.3. The second kappa shape index (κ2) is 12.4. The first-order valence-electron chi connectivity index (χ1n) is 11.8. The van der Waals surface area contributed by atoms with Gasteiger partial charge in [0.2, 0.25) is 0 Å². The largest absolute Gasteiger partial charge is 0.513 e. The van der Waals surface area contributed by atoms with Crippen LogP contribution in [0.5, 0.6) is 5.75 Å². The molecule has 0 bridgehead atoms. The molecule has 0 saturated heterocycles.